The maximum atomic E-state index is 10.6. The predicted molar refractivity (Wildman–Crippen MR) is 77.0 cm³/mol. The molecule has 1 heterocycles. The topological polar surface area (TPSA) is 59.4 Å². The van der Waals surface area contributed by atoms with Crippen LogP contribution in [0.4, 0.5) is 4.79 Å². The van der Waals surface area contributed by atoms with E-state index < -0.39 is 6.16 Å². The van der Waals surface area contributed by atoms with Gasteiger partial charge in [-0.3, -0.25) is 0 Å². The van der Waals surface area contributed by atoms with Gasteiger partial charge in [0, 0.05) is 11.8 Å². The minimum atomic E-state index is -1.30. The third kappa shape index (κ3) is 4.83. The summed E-state index contributed by atoms with van der Waals surface area (Å²) in [6.45, 7) is 0. The Bertz CT molecular complexity index is 427. The van der Waals surface area contributed by atoms with Crippen LogP contribution in [0, 0.1) is 5.92 Å². The van der Waals surface area contributed by atoms with Crippen molar-refractivity contribution in [1.82, 2.24) is 4.98 Å². The van der Waals surface area contributed by atoms with Crippen LogP contribution in [0.1, 0.15) is 56.9 Å². The molecule has 4 nitrogen and oxygen atoms in total. The summed E-state index contributed by atoms with van der Waals surface area (Å²) in [6, 6.07) is 3.72. The molecule has 1 aromatic rings. The van der Waals surface area contributed by atoms with Crippen LogP contribution < -0.4 is 4.74 Å². The first-order valence-corrected chi connectivity index (χ1v) is 7.60. The number of aryl methyl sites for hydroxylation is 1. The summed E-state index contributed by atoms with van der Waals surface area (Å²) in [5.74, 6) is 1.14. The van der Waals surface area contributed by atoms with Gasteiger partial charge in [0.15, 0.2) is 0 Å². The fraction of sp³-hybridized carbons (Fsp3) is 0.625. The molecule has 1 N–H and O–H groups in total. The molecule has 4 heteroatoms. The van der Waals surface area contributed by atoms with Crippen molar-refractivity contribution in [3.05, 3.63) is 23.9 Å². The van der Waals surface area contributed by atoms with Gasteiger partial charge in [-0.25, -0.2) is 9.78 Å². The van der Waals surface area contributed by atoms with Crippen molar-refractivity contribution < 1.29 is 14.6 Å². The molecule has 1 aliphatic carbocycles. The largest absolute Gasteiger partial charge is 0.512 e. The third-order valence-electron chi connectivity index (χ3n) is 4.07. The van der Waals surface area contributed by atoms with Crippen LogP contribution in [0.5, 0.6) is 5.88 Å². The third-order valence-corrected chi connectivity index (χ3v) is 4.07. The van der Waals surface area contributed by atoms with Crippen LogP contribution in [0.15, 0.2) is 18.3 Å². The second-order valence-corrected chi connectivity index (χ2v) is 5.59. The number of aromatic nitrogens is 1. The number of carbonyl (C=O) groups is 1. The molecule has 1 aromatic heterocycles. The number of pyridine rings is 1. The highest BCUT2D eigenvalue weighted by Gasteiger charge is 2.13. The van der Waals surface area contributed by atoms with Crippen molar-refractivity contribution in [2.24, 2.45) is 5.92 Å². The van der Waals surface area contributed by atoms with Crippen molar-refractivity contribution in [3.63, 3.8) is 0 Å². The molecule has 1 fully saturated rings. The fourth-order valence-corrected chi connectivity index (χ4v) is 3.01. The standard InChI is InChI=1S/C16H23NO3/c18-16(19)20-15-14(11-6-12-17-15)10-5-4-9-13-7-2-1-3-8-13/h6,11-13H,1-5,7-10H2,(H,18,19). The molecule has 0 amide bonds. The van der Waals surface area contributed by atoms with Crippen LogP contribution in [-0.2, 0) is 6.42 Å². The molecule has 20 heavy (non-hydrogen) atoms. The van der Waals surface area contributed by atoms with Crippen LogP contribution in [-0.4, -0.2) is 16.2 Å². The summed E-state index contributed by atoms with van der Waals surface area (Å²) in [7, 11) is 0. The van der Waals surface area contributed by atoms with Gasteiger partial charge in [-0.05, 0) is 24.8 Å². The molecule has 110 valence electrons. The number of carboxylic acid groups (broad SMARTS) is 1. The molecule has 0 aliphatic heterocycles. The molecule has 0 bridgehead atoms. The van der Waals surface area contributed by atoms with Crippen LogP contribution in [0.25, 0.3) is 0 Å². The van der Waals surface area contributed by atoms with E-state index in [1.165, 1.54) is 44.9 Å². The molecule has 0 unspecified atom stereocenters. The summed E-state index contributed by atoms with van der Waals surface area (Å²) in [6.07, 6.45) is 11.6. The lowest BCUT2D eigenvalue weighted by molar-refractivity contribution is 0.142. The van der Waals surface area contributed by atoms with Crippen molar-refractivity contribution in [2.45, 2.75) is 57.8 Å². The van der Waals surface area contributed by atoms with E-state index in [0.717, 1.165) is 24.3 Å². The zero-order chi connectivity index (χ0) is 14.2. The Morgan fingerprint density at radius 3 is 2.85 bits per heavy atom. The normalized spacial score (nSPS) is 16.0. The molecular formula is C16H23NO3. The molecule has 0 aromatic carbocycles. The summed E-state index contributed by atoms with van der Waals surface area (Å²) in [5.41, 5.74) is 0.888. The Kier molecular flexibility index (Phi) is 5.84. The number of hydrogen-bond acceptors (Lipinski definition) is 3. The predicted octanol–water partition coefficient (Wildman–Crippen LogP) is 4.43. The number of hydrogen-bond donors (Lipinski definition) is 1. The van der Waals surface area contributed by atoms with Gasteiger partial charge in [0.2, 0.25) is 5.88 Å². The minimum absolute atomic E-state index is 0.234. The maximum Gasteiger partial charge on any atom is 0.512 e. The zero-order valence-electron chi connectivity index (χ0n) is 11.9. The molecule has 0 saturated heterocycles. The maximum absolute atomic E-state index is 10.6. The van der Waals surface area contributed by atoms with Crippen molar-refractivity contribution in [1.29, 1.82) is 0 Å². The van der Waals surface area contributed by atoms with E-state index >= 15 is 0 Å². The van der Waals surface area contributed by atoms with Gasteiger partial charge < -0.3 is 9.84 Å². The first kappa shape index (κ1) is 14.8. The van der Waals surface area contributed by atoms with Gasteiger partial charge in [-0.15, -0.1) is 0 Å². The van der Waals surface area contributed by atoms with E-state index in [9.17, 15) is 4.79 Å². The van der Waals surface area contributed by atoms with Gasteiger partial charge in [0.1, 0.15) is 0 Å². The average Bonchev–Trinajstić information content (AvgIpc) is 2.46. The molecule has 0 spiro atoms. The molecular weight excluding hydrogens is 254 g/mol. The zero-order valence-corrected chi connectivity index (χ0v) is 11.9. The Hall–Kier alpha value is -1.58. The van der Waals surface area contributed by atoms with E-state index in [-0.39, 0.29) is 5.88 Å². The van der Waals surface area contributed by atoms with E-state index in [1.807, 2.05) is 12.1 Å². The lowest BCUT2D eigenvalue weighted by Gasteiger charge is -2.21. The van der Waals surface area contributed by atoms with Gasteiger partial charge in [-0.2, -0.15) is 0 Å². The molecule has 1 aliphatic rings. The number of ether oxygens (including phenoxy) is 1. The monoisotopic (exact) mass is 277 g/mol. The summed E-state index contributed by atoms with van der Waals surface area (Å²) >= 11 is 0. The van der Waals surface area contributed by atoms with Crippen LogP contribution >= 0.6 is 0 Å². The van der Waals surface area contributed by atoms with Crippen molar-refractivity contribution >= 4 is 6.16 Å². The van der Waals surface area contributed by atoms with Crippen LogP contribution in [0.3, 0.4) is 0 Å². The van der Waals surface area contributed by atoms with E-state index in [2.05, 4.69) is 4.98 Å². The summed E-state index contributed by atoms with van der Waals surface area (Å²) in [4.78, 5) is 14.6. The summed E-state index contributed by atoms with van der Waals surface area (Å²) < 4.78 is 4.70. The second-order valence-electron chi connectivity index (χ2n) is 5.59. The average molecular weight is 277 g/mol. The van der Waals surface area contributed by atoms with Gasteiger partial charge in [0.05, 0.1) is 0 Å². The Labute approximate surface area is 120 Å². The molecule has 1 saturated carbocycles. The van der Waals surface area contributed by atoms with Crippen LogP contribution in [0.2, 0.25) is 0 Å². The molecule has 0 atom stereocenters. The second kappa shape index (κ2) is 7.88. The quantitative estimate of drug-likeness (QED) is 0.617. The first-order valence-electron chi connectivity index (χ1n) is 7.60. The van der Waals surface area contributed by atoms with E-state index in [1.54, 1.807) is 6.20 Å². The van der Waals surface area contributed by atoms with E-state index in [0.29, 0.717) is 0 Å². The Morgan fingerprint density at radius 2 is 2.10 bits per heavy atom. The fourth-order valence-electron chi connectivity index (χ4n) is 3.01. The molecule has 2 rings (SSSR count). The molecule has 0 radical (unpaired) electrons. The number of rotatable bonds is 6. The number of nitrogens with zero attached hydrogens (tertiary/aromatic N) is 1. The lowest BCUT2D eigenvalue weighted by atomic mass is 9.85. The SMILES string of the molecule is O=C(O)Oc1ncccc1CCCCC1CCCCC1. The van der Waals surface area contributed by atoms with Gasteiger partial charge in [0.25, 0.3) is 0 Å². The number of unbranched alkanes of at least 4 members (excludes halogenated alkanes) is 1. The minimum Gasteiger partial charge on any atom is -0.449 e. The van der Waals surface area contributed by atoms with E-state index in [4.69, 9.17) is 9.84 Å². The lowest BCUT2D eigenvalue weighted by Crippen LogP contribution is -2.07. The van der Waals surface area contributed by atoms with Gasteiger partial charge >= 0.3 is 6.16 Å². The van der Waals surface area contributed by atoms with Crippen molar-refractivity contribution in [3.8, 4) is 5.88 Å². The highest BCUT2D eigenvalue weighted by Crippen LogP contribution is 2.28. The smallest absolute Gasteiger partial charge is 0.449 e. The highest BCUT2D eigenvalue weighted by atomic mass is 16.7. The van der Waals surface area contributed by atoms with Gasteiger partial charge in [-0.1, -0.05) is 51.0 Å². The summed E-state index contributed by atoms with van der Waals surface area (Å²) in [5, 5.41) is 8.67. The highest BCUT2D eigenvalue weighted by molar-refractivity contribution is 5.60. The Balaban J connectivity index is 1.74. The first-order chi connectivity index (χ1) is 9.75. The van der Waals surface area contributed by atoms with Crippen molar-refractivity contribution in [2.75, 3.05) is 0 Å². The Morgan fingerprint density at radius 1 is 1.30 bits per heavy atom.